The summed E-state index contributed by atoms with van der Waals surface area (Å²) in [6.07, 6.45) is -5.70. The average Bonchev–Trinajstić information content (AvgIpc) is 2.14. The van der Waals surface area contributed by atoms with E-state index in [0.29, 0.717) is 13.0 Å². The Morgan fingerprint density at radius 3 is 2.40 bits per heavy atom. The van der Waals surface area contributed by atoms with Gasteiger partial charge in [-0.3, -0.25) is 0 Å². The summed E-state index contributed by atoms with van der Waals surface area (Å²) in [5, 5.41) is 11.8. The Morgan fingerprint density at radius 2 is 2.00 bits per heavy atom. The Kier molecular flexibility index (Phi) is 6.87. The topological polar surface area (TPSA) is 41.5 Å². The molecule has 0 aliphatic rings. The maximum absolute atomic E-state index is 12.0. The van der Waals surface area contributed by atoms with Crippen LogP contribution in [-0.4, -0.2) is 43.2 Å². The fourth-order valence-corrected chi connectivity index (χ4v) is 1.03. The number of ether oxygens (including phenoxy) is 1. The van der Waals surface area contributed by atoms with Gasteiger partial charge in [0.1, 0.15) is 0 Å². The van der Waals surface area contributed by atoms with Gasteiger partial charge in [-0.25, -0.2) is 0 Å². The van der Waals surface area contributed by atoms with Gasteiger partial charge in [0.2, 0.25) is 0 Å². The van der Waals surface area contributed by atoms with Crippen LogP contribution in [0.2, 0.25) is 0 Å². The van der Waals surface area contributed by atoms with Crippen molar-refractivity contribution in [3.8, 4) is 0 Å². The second-order valence-electron chi connectivity index (χ2n) is 3.28. The first-order valence-electron chi connectivity index (χ1n) is 4.94. The van der Waals surface area contributed by atoms with Gasteiger partial charge in [-0.1, -0.05) is 6.92 Å². The minimum Gasteiger partial charge on any atom is -0.395 e. The van der Waals surface area contributed by atoms with Crippen LogP contribution in [0.5, 0.6) is 0 Å². The van der Waals surface area contributed by atoms with Crippen molar-refractivity contribution < 1.29 is 23.0 Å². The molecule has 0 saturated heterocycles. The molecule has 0 fully saturated rings. The second kappa shape index (κ2) is 7.03. The predicted molar refractivity (Wildman–Crippen MR) is 50.6 cm³/mol. The molecule has 0 saturated carbocycles. The Bertz CT molecular complexity index is 164. The quantitative estimate of drug-likeness (QED) is 0.691. The lowest BCUT2D eigenvalue weighted by atomic mass is 10.2. The molecule has 0 radical (unpaired) electrons. The van der Waals surface area contributed by atoms with Crippen molar-refractivity contribution in [2.75, 3.05) is 19.8 Å². The summed E-state index contributed by atoms with van der Waals surface area (Å²) >= 11 is 0. The molecule has 0 aliphatic heterocycles. The summed E-state index contributed by atoms with van der Waals surface area (Å²) in [4.78, 5) is 0. The third-order valence-corrected chi connectivity index (χ3v) is 2.01. The zero-order valence-corrected chi connectivity index (χ0v) is 8.97. The molecule has 2 unspecified atom stereocenters. The number of alkyl halides is 3. The van der Waals surface area contributed by atoms with Gasteiger partial charge in [-0.2, -0.15) is 13.2 Å². The standard InChI is InChI=1S/C9H18F3NO2/c1-3-13-8(6-14)4-5-15-7(2)9(10,11)12/h7-8,13-14H,3-6H2,1-2H3. The number of aliphatic hydroxyl groups excluding tert-OH is 1. The van der Waals surface area contributed by atoms with Crippen molar-refractivity contribution in [1.82, 2.24) is 5.32 Å². The van der Waals surface area contributed by atoms with Crippen LogP contribution in [0.25, 0.3) is 0 Å². The van der Waals surface area contributed by atoms with E-state index in [1.54, 1.807) is 0 Å². The summed E-state index contributed by atoms with van der Waals surface area (Å²) < 4.78 is 40.6. The van der Waals surface area contributed by atoms with E-state index >= 15 is 0 Å². The third kappa shape index (κ3) is 6.70. The highest BCUT2D eigenvalue weighted by atomic mass is 19.4. The normalized spacial score (nSPS) is 16.4. The monoisotopic (exact) mass is 229 g/mol. The van der Waals surface area contributed by atoms with Gasteiger partial charge in [-0.05, 0) is 19.9 Å². The van der Waals surface area contributed by atoms with Crippen molar-refractivity contribution in [2.24, 2.45) is 0 Å². The Morgan fingerprint density at radius 1 is 1.40 bits per heavy atom. The highest BCUT2D eigenvalue weighted by Gasteiger charge is 2.36. The van der Waals surface area contributed by atoms with Crippen LogP contribution in [0.3, 0.4) is 0 Å². The first kappa shape index (κ1) is 14.7. The van der Waals surface area contributed by atoms with Gasteiger partial charge in [0.25, 0.3) is 0 Å². The summed E-state index contributed by atoms with van der Waals surface area (Å²) in [5.74, 6) is 0. The molecule has 2 atom stereocenters. The highest BCUT2D eigenvalue weighted by molar-refractivity contribution is 4.65. The molecule has 2 N–H and O–H groups in total. The van der Waals surface area contributed by atoms with Crippen LogP contribution in [-0.2, 0) is 4.74 Å². The van der Waals surface area contributed by atoms with E-state index in [2.05, 4.69) is 10.1 Å². The molecule has 0 aromatic rings. The largest absolute Gasteiger partial charge is 0.414 e. The van der Waals surface area contributed by atoms with Crippen LogP contribution >= 0.6 is 0 Å². The zero-order chi connectivity index (χ0) is 11.9. The molecule has 0 heterocycles. The van der Waals surface area contributed by atoms with E-state index in [0.717, 1.165) is 6.92 Å². The minimum atomic E-state index is -4.31. The second-order valence-corrected chi connectivity index (χ2v) is 3.28. The van der Waals surface area contributed by atoms with Crippen LogP contribution in [0.4, 0.5) is 13.2 Å². The van der Waals surface area contributed by atoms with E-state index in [1.165, 1.54) is 0 Å². The van der Waals surface area contributed by atoms with E-state index in [1.807, 2.05) is 6.92 Å². The van der Waals surface area contributed by atoms with Gasteiger partial charge in [0.15, 0.2) is 6.10 Å². The van der Waals surface area contributed by atoms with Gasteiger partial charge < -0.3 is 15.2 Å². The van der Waals surface area contributed by atoms with E-state index in [9.17, 15) is 13.2 Å². The minimum absolute atomic E-state index is 0.0150. The molecule has 6 heteroatoms. The number of nitrogens with one attached hydrogen (secondary N) is 1. The van der Waals surface area contributed by atoms with E-state index in [-0.39, 0.29) is 19.3 Å². The van der Waals surface area contributed by atoms with E-state index in [4.69, 9.17) is 5.11 Å². The summed E-state index contributed by atoms with van der Waals surface area (Å²) in [7, 11) is 0. The number of rotatable bonds is 7. The maximum Gasteiger partial charge on any atom is 0.414 e. The van der Waals surface area contributed by atoms with Crippen molar-refractivity contribution in [1.29, 1.82) is 0 Å². The lowest BCUT2D eigenvalue weighted by molar-refractivity contribution is -0.214. The molecule has 3 nitrogen and oxygen atoms in total. The maximum atomic E-state index is 12.0. The summed E-state index contributed by atoms with van der Waals surface area (Å²) in [6, 6.07) is -0.199. The number of hydrogen-bond donors (Lipinski definition) is 2. The SMILES string of the molecule is CCNC(CO)CCOC(C)C(F)(F)F. The molecular formula is C9H18F3NO2. The fraction of sp³-hybridized carbons (Fsp3) is 1.00. The highest BCUT2D eigenvalue weighted by Crippen LogP contribution is 2.22. The van der Waals surface area contributed by atoms with E-state index < -0.39 is 12.3 Å². The smallest absolute Gasteiger partial charge is 0.395 e. The predicted octanol–water partition coefficient (Wildman–Crippen LogP) is 1.31. The molecule has 0 bridgehead atoms. The van der Waals surface area contributed by atoms with Crippen LogP contribution in [0, 0.1) is 0 Å². The lowest BCUT2D eigenvalue weighted by Crippen LogP contribution is -2.35. The first-order chi connectivity index (χ1) is 6.91. The first-order valence-corrected chi connectivity index (χ1v) is 4.94. The Labute approximate surface area is 87.6 Å². The number of aliphatic hydroxyl groups is 1. The van der Waals surface area contributed by atoms with Gasteiger partial charge in [0, 0.05) is 12.6 Å². The summed E-state index contributed by atoms with van der Waals surface area (Å²) in [5.41, 5.74) is 0. The number of likely N-dealkylation sites (N-methyl/N-ethyl adjacent to an activating group) is 1. The lowest BCUT2D eigenvalue weighted by Gasteiger charge is -2.19. The average molecular weight is 229 g/mol. The number of hydrogen-bond acceptors (Lipinski definition) is 3. The molecule has 0 spiro atoms. The van der Waals surface area contributed by atoms with Crippen molar-refractivity contribution >= 4 is 0 Å². The third-order valence-electron chi connectivity index (χ3n) is 2.01. The van der Waals surface area contributed by atoms with Gasteiger partial charge in [0.05, 0.1) is 6.61 Å². The molecule has 0 aliphatic carbocycles. The molecule has 92 valence electrons. The molecule has 15 heavy (non-hydrogen) atoms. The van der Waals surface area contributed by atoms with Crippen molar-refractivity contribution in [3.63, 3.8) is 0 Å². The van der Waals surface area contributed by atoms with Gasteiger partial charge in [-0.15, -0.1) is 0 Å². The Hall–Kier alpha value is -0.330. The molecular weight excluding hydrogens is 211 g/mol. The molecule has 0 aromatic carbocycles. The van der Waals surface area contributed by atoms with Crippen LogP contribution < -0.4 is 5.32 Å². The van der Waals surface area contributed by atoms with Crippen LogP contribution in [0.15, 0.2) is 0 Å². The van der Waals surface area contributed by atoms with Crippen LogP contribution in [0.1, 0.15) is 20.3 Å². The molecule has 0 amide bonds. The molecule has 0 rings (SSSR count). The number of halogens is 3. The summed E-state index contributed by atoms with van der Waals surface area (Å²) in [6.45, 7) is 3.39. The Balaban J connectivity index is 3.68. The fourth-order valence-electron chi connectivity index (χ4n) is 1.03. The molecule has 0 aromatic heterocycles. The van der Waals surface area contributed by atoms with Crippen molar-refractivity contribution in [2.45, 2.75) is 38.6 Å². The zero-order valence-electron chi connectivity index (χ0n) is 8.97. The van der Waals surface area contributed by atoms with Crippen molar-refractivity contribution in [3.05, 3.63) is 0 Å². The van der Waals surface area contributed by atoms with Gasteiger partial charge >= 0.3 is 6.18 Å².